The third-order valence-corrected chi connectivity index (χ3v) is 1.82. The highest BCUT2D eigenvalue weighted by molar-refractivity contribution is 9.10. The maximum atomic E-state index is 11.8. The molecule has 0 saturated carbocycles. The number of rotatable bonds is 1. The summed E-state index contributed by atoms with van der Waals surface area (Å²) in [5, 5.41) is -0.512. The highest BCUT2D eigenvalue weighted by Crippen LogP contribution is 2.26. The van der Waals surface area contributed by atoms with Gasteiger partial charge in [0.15, 0.2) is 5.15 Å². The molecular weight excluding hydrogens is 290 g/mol. The summed E-state index contributed by atoms with van der Waals surface area (Å²) in [6, 6.07) is 0.882. The molecule has 1 rings (SSSR count). The SMILES string of the molecule is O=c1cc(Br)[nH]c(Cl)c1OC(F)(F)F. The number of nitrogens with one attached hydrogen (secondary N) is 1. The van der Waals surface area contributed by atoms with Crippen molar-refractivity contribution in [2.75, 3.05) is 0 Å². The smallest absolute Gasteiger partial charge is 0.398 e. The zero-order valence-electron chi connectivity index (χ0n) is 6.28. The topological polar surface area (TPSA) is 42.1 Å². The number of ether oxygens (including phenoxy) is 1. The summed E-state index contributed by atoms with van der Waals surface area (Å²) in [5.74, 6) is -0.970. The largest absolute Gasteiger partial charge is 0.573 e. The van der Waals surface area contributed by atoms with Crippen molar-refractivity contribution in [3.8, 4) is 5.75 Å². The summed E-state index contributed by atoms with van der Waals surface area (Å²) in [6.07, 6.45) is -4.94. The molecular formula is C6H2BrClF3NO2. The molecule has 1 aromatic rings. The number of aromatic nitrogens is 1. The molecule has 8 heteroatoms. The number of aromatic amines is 1. The maximum absolute atomic E-state index is 11.8. The summed E-state index contributed by atoms with van der Waals surface area (Å²) in [5.41, 5.74) is -0.960. The summed E-state index contributed by atoms with van der Waals surface area (Å²) >= 11 is 8.18. The number of hydrogen-bond donors (Lipinski definition) is 1. The lowest BCUT2D eigenvalue weighted by atomic mass is 10.4. The van der Waals surface area contributed by atoms with E-state index in [1.807, 2.05) is 0 Å². The van der Waals surface area contributed by atoms with Gasteiger partial charge in [-0.3, -0.25) is 4.79 Å². The van der Waals surface area contributed by atoms with Crippen molar-refractivity contribution in [3.05, 3.63) is 26.0 Å². The van der Waals surface area contributed by atoms with Gasteiger partial charge >= 0.3 is 6.36 Å². The average Bonchev–Trinajstić information content (AvgIpc) is 1.95. The molecule has 0 fully saturated rings. The quantitative estimate of drug-likeness (QED) is 0.809. The fourth-order valence-electron chi connectivity index (χ4n) is 0.697. The van der Waals surface area contributed by atoms with E-state index in [1.54, 1.807) is 0 Å². The van der Waals surface area contributed by atoms with Gasteiger partial charge in [0.05, 0.1) is 4.60 Å². The third kappa shape index (κ3) is 2.91. The molecule has 3 nitrogen and oxygen atoms in total. The van der Waals surface area contributed by atoms with Crippen LogP contribution in [0.3, 0.4) is 0 Å². The van der Waals surface area contributed by atoms with Gasteiger partial charge in [-0.25, -0.2) is 0 Å². The fraction of sp³-hybridized carbons (Fsp3) is 0.167. The summed E-state index contributed by atoms with van der Waals surface area (Å²) in [6.45, 7) is 0. The number of H-pyrrole nitrogens is 1. The van der Waals surface area contributed by atoms with E-state index in [2.05, 4.69) is 25.7 Å². The molecule has 0 aliphatic rings. The Kier molecular flexibility index (Phi) is 3.10. The van der Waals surface area contributed by atoms with Crippen LogP contribution in [-0.2, 0) is 0 Å². The van der Waals surface area contributed by atoms with Gasteiger partial charge < -0.3 is 9.72 Å². The van der Waals surface area contributed by atoms with Crippen molar-refractivity contribution >= 4 is 27.5 Å². The van der Waals surface area contributed by atoms with Crippen LogP contribution < -0.4 is 10.2 Å². The first-order chi connectivity index (χ1) is 6.29. The van der Waals surface area contributed by atoms with Gasteiger partial charge in [-0.1, -0.05) is 11.6 Å². The molecule has 0 saturated heterocycles. The summed E-state index contributed by atoms with van der Waals surface area (Å²) < 4.78 is 38.9. The van der Waals surface area contributed by atoms with Crippen LogP contribution in [0.2, 0.25) is 5.15 Å². The van der Waals surface area contributed by atoms with E-state index in [9.17, 15) is 18.0 Å². The van der Waals surface area contributed by atoms with Crippen LogP contribution in [0.4, 0.5) is 13.2 Å². The number of pyridine rings is 1. The molecule has 0 aliphatic carbocycles. The molecule has 0 amide bonds. The summed E-state index contributed by atoms with van der Waals surface area (Å²) in [4.78, 5) is 13.2. The van der Waals surface area contributed by atoms with Gasteiger partial charge in [-0.05, 0) is 15.9 Å². The van der Waals surface area contributed by atoms with Gasteiger partial charge in [-0.15, -0.1) is 13.2 Å². The van der Waals surface area contributed by atoms with Crippen LogP contribution in [0.15, 0.2) is 15.5 Å². The molecule has 1 aromatic heterocycles. The van der Waals surface area contributed by atoms with Crippen molar-refractivity contribution in [1.82, 2.24) is 4.98 Å². The van der Waals surface area contributed by atoms with Crippen molar-refractivity contribution in [2.24, 2.45) is 0 Å². The van der Waals surface area contributed by atoms with Gasteiger partial charge in [0.25, 0.3) is 0 Å². The number of alkyl halides is 3. The zero-order valence-corrected chi connectivity index (χ0v) is 8.63. The first-order valence-electron chi connectivity index (χ1n) is 3.13. The fourth-order valence-corrected chi connectivity index (χ4v) is 1.45. The van der Waals surface area contributed by atoms with E-state index in [1.165, 1.54) is 0 Å². The molecule has 1 N–H and O–H groups in total. The molecule has 0 atom stereocenters. The molecule has 78 valence electrons. The summed E-state index contributed by atoms with van der Waals surface area (Å²) in [7, 11) is 0. The maximum Gasteiger partial charge on any atom is 0.573 e. The van der Waals surface area contributed by atoms with Crippen molar-refractivity contribution in [3.63, 3.8) is 0 Å². The first kappa shape index (κ1) is 11.4. The average molecular weight is 292 g/mol. The van der Waals surface area contributed by atoms with Crippen LogP contribution in [0.1, 0.15) is 0 Å². The van der Waals surface area contributed by atoms with E-state index < -0.39 is 22.7 Å². The van der Waals surface area contributed by atoms with E-state index in [-0.39, 0.29) is 4.60 Å². The minimum Gasteiger partial charge on any atom is -0.398 e. The van der Waals surface area contributed by atoms with Crippen LogP contribution >= 0.6 is 27.5 Å². The van der Waals surface area contributed by atoms with Crippen LogP contribution in [0.5, 0.6) is 5.75 Å². The van der Waals surface area contributed by atoms with Gasteiger partial charge in [0.1, 0.15) is 0 Å². The lowest BCUT2D eigenvalue weighted by molar-refractivity contribution is -0.275. The predicted octanol–water partition coefficient (Wildman–Crippen LogP) is 2.69. The van der Waals surface area contributed by atoms with E-state index in [4.69, 9.17) is 11.6 Å². The Morgan fingerprint density at radius 3 is 2.50 bits per heavy atom. The standard InChI is InChI=1S/C6H2BrClF3NO2/c7-3-1-2(13)4(5(8)12-3)14-6(9,10)11/h1H,(H,12,13). The van der Waals surface area contributed by atoms with Crippen molar-refractivity contribution < 1.29 is 17.9 Å². The van der Waals surface area contributed by atoms with E-state index >= 15 is 0 Å². The number of halogens is 5. The third-order valence-electron chi connectivity index (χ3n) is 1.13. The lowest BCUT2D eigenvalue weighted by Gasteiger charge is -2.09. The second-order valence-electron chi connectivity index (χ2n) is 2.17. The van der Waals surface area contributed by atoms with Crippen LogP contribution in [0, 0.1) is 0 Å². The predicted molar refractivity (Wildman–Crippen MR) is 46.5 cm³/mol. The number of hydrogen-bond acceptors (Lipinski definition) is 2. The Morgan fingerprint density at radius 1 is 1.50 bits per heavy atom. The Morgan fingerprint density at radius 2 is 2.07 bits per heavy atom. The van der Waals surface area contributed by atoms with Crippen molar-refractivity contribution in [2.45, 2.75) is 6.36 Å². The molecule has 0 unspecified atom stereocenters. The van der Waals surface area contributed by atoms with Crippen LogP contribution in [0.25, 0.3) is 0 Å². The lowest BCUT2D eigenvalue weighted by Crippen LogP contribution is -2.22. The van der Waals surface area contributed by atoms with E-state index in [0.717, 1.165) is 6.07 Å². The Balaban J connectivity index is 3.16. The Bertz CT molecular complexity index is 403. The molecule has 0 radical (unpaired) electrons. The second-order valence-corrected chi connectivity index (χ2v) is 3.40. The van der Waals surface area contributed by atoms with Crippen molar-refractivity contribution in [1.29, 1.82) is 0 Å². The zero-order chi connectivity index (χ0) is 10.9. The van der Waals surface area contributed by atoms with E-state index in [0.29, 0.717) is 0 Å². The van der Waals surface area contributed by atoms with Gasteiger partial charge in [-0.2, -0.15) is 0 Å². The second kappa shape index (κ2) is 3.82. The highest BCUT2D eigenvalue weighted by Gasteiger charge is 2.33. The minimum absolute atomic E-state index is 0.169. The normalized spacial score (nSPS) is 11.5. The molecule has 0 aromatic carbocycles. The van der Waals surface area contributed by atoms with Crippen LogP contribution in [-0.4, -0.2) is 11.3 Å². The monoisotopic (exact) mass is 291 g/mol. The Labute approximate surface area is 89.0 Å². The molecule has 0 spiro atoms. The van der Waals surface area contributed by atoms with Gasteiger partial charge in [0, 0.05) is 6.07 Å². The minimum atomic E-state index is -4.94. The Hall–Kier alpha value is -0.690. The molecule has 0 bridgehead atoms. The first-order valence-corrected chi connectivity index (χ1v) is 4.31. The molecule has 0 aliphatic heterocycles. The van der Waals surface area contributed by atoms with Gasteiger partial charge in [0.2, 0.25) is 11.2 Å². The molecule has 14 heavy (non-hydrogen) atoms. The highest BCUT2D eigenvalue weighted by atomic mass is 79.9. The molecule has 1 heterocycles.